The Labute approximate surface area is 168 Å². The normalized spacial score (nSPS) is 10.2. The van der Waals surface area contributed by atoms with Gasteiger partial charge in [0.25, 0.3) is 5.91 Å². The van der Waals surface area contributed by atoms with Crippen LogP contribution in [0, 0.1) is 0 Å². The maximum absolute atomic E-state index is 12.6. The van der Waals surface area contributed by atoms with Gasteiger partial charge in [-0.1, -0.05) is 23.7 Å². The molecule has 1 aromatic heterocycles. The number of benzene rings is 2. The molecule has 7 heteroatoms. The first-order valence-electron chi connectivity index (χ1n) is 8.57. The van der Waals surface area contributed by atoms with E-state index in [1.807, 2.05) is 24.3 Å². The molecule has 0 bridgehead atoms. The number of nitrogens with zero attached hydrogens (tertiary/aromatic N) is 1. The molecule has 6 nitrogen and oxygen atoms in total. The maximum Gasteiger partial charge on any atom is 0.255 e. The van der Waals surface area contributed by atoms with Crippen molar-refractivity contribution in [3.63, 3.8) is 0 Å². The van der Waals surface area contributed by atoms with Gasteiger partial charge >= 0.3 is 0 Å². The minimum atomic E-state index is -0.264. The summed E-state index contributed by atoms with van der Waals surface area (Å²) in [5.41, 5.74) is 2.09. The number of ether oxygens (including phenoxy) is 2. The zero-order chi connectivity index (χ0) is 19.9. The van der Waals surface area contributed by atoms with Gasteiger partial charge in [-0.15, -0.1) is 0 Å². The van der Waals surface area contributed by atoms with Gasteiger partial charge in [-0.2, -0.15) is 0 Å². The van der Waals surface area contributed by atoms with Crippen LogP contribution < -0.4 is 20.1 Å². The van der Waals surface area contributed by atoms with Crippen molar-refractivity contribution < 1.29 is 14.3 Å². The molecule has 0 aliphatic carbocycles. The standard InChI is InChI=1S/C21H20ClN3O3/c1-27-17-7-8-18(19(12-17)28-2)25-21(26)15-9-10-23-20(11-15)24-13-14-3-5-16(22)6-4-14/h3-12H,13H2,1-2H3,(H,23,24)(H,25,26). The fraction of sp³-hybridized carbons (Fsp3) is 0.143. The Hall–Kier alpha value is -3.25. The smallest absolute Gasteiger partial charge is 0.255 e. The van der Waals surface area contributed by atoms with Gasteiger partial charge in [0.05, 0.1) is 19.9 Å². The third kappa shape index (κ3) is 4.92. The molecule has 2 N–H and O–H groups in total. The lowest BCUT2D eigenvalue weighted by atomic mass is 10.2. The van der Waals surface area contributed by atoms with Crippen LogP contribution in [0.1, 0.15) is 15.9 Å². The van der Waals surface area contributed by atoms with Crippen LogP contribution in [0.15, 0.2) is 60.8 Å². The Bertz CT molecular complexity index is 961. The van der Waals surface area contributed by atoms with E-state index in [0.29, 0.717) is 40.1 Å². The summed E-state index contributed by atoms with van der Waals surface area (Å²) in [5.74, 6) is 1.50. The first-order chi connectivity index (χ1) is 13.6. The number of halogens is 1. The predicted octanol–water partition coefficient (Wildman–Crippen LogP) is 4.62. The first kappa shape index (κ1) is 19.5. The molecule has 0 spiro atoms. The highest BCUT2D eigenvalue weighted by atomic mass is 35.5. The lowest BCUT2D eigenvalue weighted by molar-refractivity contribution is 0.102. The molecule has 0 atom stereocenters. The molecule has 0 aliphatic heterocycles. The van der Waals surface area contributed by atoms with E-state index in [1.54, 1.807) is 43.6 Å². The van der Waals surface area contributed by atoms with Crippen LogP contribution >= 0.6 is 11.6 Å². The fourth-order valence-electron chi connectivity index (χ4n) is 2.56. The van der Waals surface area contributed by atoms with Gasteiger partial charge in [-0.25, -0.2) is 4.98 Å². The van der Waals surface area contributed by atoms with Gasteiger partial charge in [0.2, 0.25) is 0 Å². The van der Waals surface area contributed by atoms with Gasteiger partial charge in [0, 0.05) is 29.4 Å². The molecule has 28 heavy (non-hydrogen) atoms. The summed E-state index contributed by atoms with van der Waals surface area (Å²) in [6, 6.07) is 16.1. The van der Waals surface area contributed by atoms with E-state index < -0.39 is 0 Å². The molecule has 144 valence electrons. The number of nitrogens with one attached hydrogen (secondary N) is 2. The van der Waals surface area contributed by atoms with Crippen molar-refractivity contribution in [3.05, 3.63) is 76.9 Å². The number of anilines is 2. The van der Waals surface area contributed by atoms with Crippen LogP contribution in [-0.2, 0) is 6.54 Å². The molecule has 0 saturated heterocycles. The number of amides is 1. The average molecular weight is 398 g/mol. The van der Waals surface area contributed by atoms with Gasteiger partial charge in [0.15, 0.2) is 0 Å². The second-order valence-corrected chi connectivity index (χ2v) is 6.37. The van der Waals surface area contributed by atoms with Gasteiger partial charge < -0.3 is 20.1 Å². The number of pyridine rings is 1. The number of carbonyl (C=O) groups excluding carboxylic acids is 1. The fourth-order valence-corrected chi connectivity index (χ4v) is 2.69. The van der Waals surface area contributed by atoms with Crippen LogP contribution in [0.2, 0.25) is 5.02 Å². The second-order valence-electron chi connectivity index (χ2n) is 5.93. The van der Waals surface area contributed by atoms with E-state index in [-0.39, 0.29) is 5.91 Å². The van der Waals surface area contributed by atoms with E-state index in [9.17, 15) is 4.79 Å². The van der Waals surface area contributed by atoms with Gasteiger partial charge in [-0.05, 0) is 42.0 Å². The zero-order valence-corrected chi connectivity index (χ0v) is 16.3. The Morgan fingerprint density at radius 2 is 1.82 bits per heavy atom. The summed E-state index contributed by atoms with van der Waals surface area (Å²) in [6.45, 7) is 0.571. The van der Waals surface area contributed by atoms with Crippen LogP contribution in [0.3, 0.4) is 0 Å². The van der Waals surface area contributed by atoms with E-state index in [2.05, 4.69) is 15.6 Å². The molecule has 3 rings (SSSR count). The van der Waals surface area contributed by atoms with E-state index in [4.69, 9.17) is 21.1 Å². The van der Waals surface area contributed by atoms with Crippen molar-refractivity contribution in [3.8, 4) is 11.5 Å². The van der Waals surface area contributed by atoms with Crippen LogP contribution in [0.5, 0.6) is 11.5 Å². The molecular formula is C21H20ClN3O3. The summed E-state index contributed by atoms with van der Waals surface area (Å²) < 4.78 is 10.5. The highest BCUT2D eigenvalue weighted by Crippen LogP contribution is 2.29. The Balaban J connectivity index is 1.69. The molecular weight excluding hydrogens is 378 g/mol. The van der Waals surface area contributed by atoms with Gasteiger partial charge in [-0.3, -0.25) is 4.79 Å². The maximum atomic E-state index is 12.6. The molecule has 0 unspecified atom stereocenters. The monoisotopic (exact) mass is 397 g/mol. The molecule has 1 heterocycles. The Kier molecular flexibility index (Phi) is 6.34. The van der Waals surface area contributed by atoms with Crippen molar-refractivity contribution in [2.75, 3.05) is 24.9 Å². The number of aromatic nitrogens is 1. The van der Waals surface area contributed by atoms with Gasteiger partial charge in [0.1, 0.15) is 17.3 Å². The highest BCUT2D eigenvalue weighted by Gasteiger charge is 2.12. The summed E-state index contributed by atoms with van der Waals surface area (Å²) >= 11 is 5.90. The quantitative estimate of drug-likeness (QED) is 0.608. The lowest BCUT2D eigenvalue weighted by Crippen LogP contribution is -2.13. The first-order valence-corrected chi connectivity index (χ1v) is 8.94. The number of methoxy groups -OCH3 is 2. The molecule has 0 saturated carbocycles. The summed E-state index contributed by atoms with van der Waals surface area (Å²) in [6.07, 6.45) is 1.59. The molecule has 0 aliphatic rings. The summed E-state index contributed by atoms with van der Waals surface area (Å²) in [7, 11) is 3.11. The third-order valence-corrected chi connectivity index (χ3v) is 4.32. The third-order valence-electron chi connectivity index (χ3n) is 4.07. The van der Waals surface area contributed by atoms with E-state index >= 15 is 0 Å². The van der Waals surface area contributed by atoms with E-state index in [1.165, 1.54) is 7.11 Å². The minimum absolute atomic E-state index is 0.264. The highest BCUT2D eigenvalue weighted by molar-refractivity contribution is 6.30. The number of hydrogen-bond acceptors (Lipinski definition) is 5. The molecule has 1 amide bonds. The minimum Gasteiger partial charge on any atom is -0.497 e. The number of hydrogen-bond donors (Lipinski definition) is 2. The largest absolute Gasteiger partial charge is 0.497 e. The Morgan fingerprint density at radius 3 is 2.54 bits per heavy atom. The topological polar surface area (TPSA) is 72.5 Å². The molecule has 0 radical (unpaired) electrons. The van der Waals surface area contributed by atoms with Crippen LogP contribution in [-0.4, -0.2) is 25.1 Å². The Morgan fingerprint density at radius 1 is 1.04 bits per heavy atom. The SMILES string of the molecule is COc1ccc(NC(=O)c2ccnc(NCc3ccc(Cl)cc3)c2)c(OC)c1. The summed E-state index contributed by atoms with van der Waals surface area (Å²) in [4.78, 5) is 16.9. The summed E-state index contributed by atoms with van der Waals surface area (Å²) in [5, 5.41) is 6.74. The van der Waals surface area contributed by atoms with Crippen molar-refractivity contribution in [2.24, 2.45) is 0 Å². The predicted molar refractivity (Wildman–Crippen MR) is 111 cm³/mol. The number of carbonyl (C=O) groups is 1. The van der Waals surface area contributed by atoms with Crippen LogP contribution in [0.4, 0.5) is 11.5 Å². The second kappa shape index (κ2) is 9.10. The lowest BCUT2D eigenvalue weighted by Gasteiger charge is -2.12. The van der Waals surface area contributed by atoms with Crippen molar-refractivity contribution in [1.82, 2.24) is 4.98 Å². The van der Waals surface area contributed by atoms with E-state index in [0.717, 1.165) is 5.56 Å². The van der Waals surface area contributed by atoms with Crippen molar-refractivity contribution in [1.29, 1.82) is 0 Å². The molecule has 2 aromatic carbocycles. The van der Waals surface area contributed by atoms with Crippen molar-refractivity contribution in [2.45, 2.75) is 6.54 Å². The van der Waals surface area contributed by atoms with Crippen molar-refractivity contribution >= 4 is 29.0 Å². The molecule has 3 aromatic rings. The zero-order valence-electron chi connectivity index (χ0n) is 15.5. The average Bonchev–Trinajstić information content (AvgIpc) is 2.73. The van der Waals surface area contributed by atoms with Crippen LogP contribution in [0.25, 0.3) is 0 Å². The number of rotatable bonds is 7. The molecule has 0 fully saturated rings.